The molecule has 1 saturated heterocycles. The molecule has 1 aromatic heterocycles. The zero-order chi connectivity index (χ0) is 18.4. The van der Waals surface area contributed by atoms with Gasteiger partial charge in [0.25, 0.3) is 0 Å². The minimum absolute atomic E-state index is 0.294. The highest BCUT2D eigenvalue weighted by atomic mass is 16.5. The van der Waals surface area contributed by atoms with Crippen LogP contribution in [0.2, 0.25) is 0 Å². The van der Waals surface area contributed by atoms with Gasteiger partial charge in [-0.25, -0.2) is 9.78 Å². The number of benzene rings is 1. The summed E-state index contributed by atoms with van der Waals surface area (Å²) in [5, 5.41) is 2.60. The Kier molecular flexibility index (Phi) is 5.91. The Hall–Kier alpha value is -2.80. The van der Waals surface area contributed by atoms with Gasteiger partial charge in [0.1, 0.15) is 11.6 Å². The van der Waals surface area contributed by atoms with E-state index in [4.69, 9.17) is 10.5 Å². The van der Waals surface area contributed by atoms with Gasteiger partial charge >= 0.3 is 6.09 Å². The van der Waals surface area contributed by atoms with Crippen molar-refractivity contribution in [3.63, 3.8) is 0 Å². The smallest absolute Gasteiger partial charge is 0.411 e. The Morgan fingerprint density at radius 2 is 1.88 bits per heavy atom. The third-order valence-electron chi connectivity index (χ3n) is 4.37. The summed E-state index contributed by atoms with van der Waals surface area (Å²) in [6.07, 6.45) is -0.525. The van der Waals surface area contributed by atoms with Gasteiger partial charge < -0.3 is 15.4 Å². The number of rotatable bonds is 5. The predicted octanol–water partition coefficient (Wildman–Crippen LogP) is 2.55. The van der Waals surface area contributed by atoms with Crippen LogP contribution >= 0.6 is 0 Å². The van der Waals surface area contributed by atoms with Crippen molar-refractivity contribution < 1.29 is 9.53 Å². The van der Waals surface area contributed by atoms with Gasteiger partial charge in [-0.15, -0.1) is 0 Å². The van der Waals surface area contributed by atoms with Crippen LogP contribution in [0.25, 0.3) is 0 Å². The number of anilines is 3. The van der Waals surface area contributed by atoms with Crippen LogP contribution in [0.5, 0.6) is 0 Å². The van der Waals surface area contributed by atoms with Crippen LogP contribution < -0.4 is 16.0 Å². The molecule has 1 aromatic carbocycles. The molecule has 26 heavy (non-hydrogen) atoms. The second kappa shape index (κ2) is 8.53. The predicted molar refractivity (Wildman–Crippen MR) is 103 cm³/mol. The van der Waals surface area contributed by atoms with E-state index in [0.29, 0.717) is 18.1 Å². The van der Waals surface area contributed by atoms with Crippen molar-refractivity contribution in [1.29, 1.82) is 0 Å². The molecule has 7 nitrogen and oxygen atoms in total. The van der Waals surface area contributed by atoms with Gasteiger partial charge in [-0.05, 0) is 24.6 Å². The number of amides is 1. The summed E-state index contributed by atoms with van der Waals surface area (Å²) in [4.78, 5) is 20.6. The molecule has 0 radical (unpaired) electrons. The van der Waals surface area contributed by atoms with Gasteiger partial charge in [-0.2, -0.15) is 0 Å². The molecule has 1 fully saturated rings. The van der Waals surface area contributed by atoms with E-state index in [1.54, 1.807) is 13.0 Å². The lowest BCUT2D eigenvalue weighted by Crippen LogP contribution is -2.46. The number of carbonyl (C=O) groups excluding carboxylic acids is 1. The maximum atomic E-state index is 11.5. The maximum Gasteiger partial charge on any atom is 0.411 e. The van der Waals surface area contributed by atoms with Gasteiger partial charge in [0.2, 0.25) is 0 Å². The number of hydrogen-bond acceptors (Lipinski definition) is 6. The summed E-state index contributed by atoms with van der Waals surface area (Å²) in [6.45, 7) is 6.76. The summed E-state index contributed by atoms with van der Waals surface area (Å²) in [5.41, 5.74) is 7.78. The number of piperazine rings is 1. The number of nitrogens with one attached hydrogen (secondary N) is 1. The van der Waals surface area contributed by atoms with E-state index in [0.717, 1.165) is 38.5 Å². The number of nitrogens with two attached hydrogens (primary N) is 1. The van der Waals surface area contributed by atoms with Crippen molar-refractivity contribution in [3.05, 3.63) is 48.0 Å². The van der Waals surface area contributed by atoms with Crippen LogP contribution in [-0.2, 0) is 11.3 Å². The molecule has 3 N–H and O–H groups in total. The van der Waals surface area contributed by atoms with Crippen molar-refractivity contribution in [2.75, 3.05) is 48.7 Å². The highest BCUT2D eigenvalue weighted by Gasteiger charge is 2.19. The first-order valence-corrected chi connectivity index (χ1v) is 8.87. The lowest BCUT2D eigenvalue weighted by molar-refractivity contribution is 0.168. The Morgan fingerprint density at radius 1 is 1.15 bits per heavy atom. The van der Waals surface area contributed by atoms with Crippen LogP contribution in [0.15, 0.2) is 42.5 Å². The average Bonchev–Trinajstić information content (AvgIpc) is 2.65. The van der Waals surface area contributed by atoms with E-state index in [9.17, 15) is 4.79 Å². The fourth-order valence-corrected chi connectivity index (χ4v) is 3.00. The van der Waals surface area contributed by atoms with Crippen LogP contribution in [-0.4, -0.2) is 48.8 Å². The number of carbonyl (C=O) groups is 1. The number of aromatic nitrogens is 1. The van der Waals surface area contributed by atoms with Gasteiger partial charge in [-0.3, -0.25) is 10.2 Å². The first-order valence-electron chi connectivity index (χ1n) is 8.87. The zero-order valence-electron chi connectivity index (χ0n) is 15.0. The van der Waals surface area contributed by atoms with E-state index in [2.05, 4.69) is 44.4 Å². The highest BCUT2D eigenvalue weighted by Crippen LogP contribution is 2.22. The Balaban J connectivity index is 1.55. The topological polar surface area (TPSA) is 83.7 Å². The van der Waals surface area contributed by atoms with E-state index < -0.39 is 6.09 Å². The highest BCUT2D eigenvalue weighted by molar-refractivity contribution is 5.88. The molecule has 0 spiro atoms. The third-order valence-corrected chi connectivity index (χ3v) is 4.37. The fraction of sp³-hybridized carbons (Fsp3) is 0.368. The lowest BCUT2D eigenvalue weighted by atomic mass is 10.2. The van der Waals surface area contributed by atoms with E-state index >= 15 is 0 Å². The van der Waals surface area contributed by atoms with Crippen molar-refractivity contribution in [2.45, 2.75) is 13.5 Å². The van der Waals surface area contributed by atoms with E-state index in [-0.39, 0.29) is 0 Å². The van der Waals surface area contributed by atoms with Crippen LogP contribution in [0, 0.1) is 0 Å². The number of ether oxygens (including phenoxy) is 1. The van der Waals surface area contributed by atoms with Crippen LogP contribution in [0.4, 0.5) is 22.1 Å². The molecular weight excluding hydrogens is 330 g/mol. The van der Waals surface area contributed by atoms with Gasteiger partial charge in [-0.1, -0.05) is 30.3 Å². The first-order chi connectivity index (χ1) is 12.7. The Labute approximate surface area is 153 Å². The molecule has 138 valence electrons. The molecule has 0 bridgehead atoms. The minimum Gasteiger partial charge on any atom is -0.450 e. The molecule has 1 amide bonds. The SMILES string of the molecule is CCOC(=O)Nc1ccc(N2CCN(Cc3ccccc3)CC2)nc1N. The number of nitrogen functional groups attached to an aromatic ring is 1. The lowest BCUT2D eigenvalue weighted by Gasteiger charge is -2.35. The fourth-order valence-electron chi connectivity index (χ4n) is 3.00. The summed E-state index contributed by atoms with van der Waals surface area (Å²) in [5.74, 6) is 1.12. The summed E-state index contributed by atoms with van der Waals surface area (Å²) in [6, 6.07) is 14.1. The van der Waals surface area contributed by atoms with Crippen molar-refractivity contribution in [1.82, 2.24) is 9.88 Å². The molecule has 2 heterocycles. The van der Waals surface area contributed by atoms with Crippen LogP contribution in [0.3, 0.4) is 0 Å². The number of pyridine rings is 1. The molecule has 0 saturated carbocycles. The summed E-state index contributed by atoms with van der Waals surface area (Å²) in [7, 11) is 0. The van der Waals surface area contributed by atoms with Gasteiger partial charge in [0, 0.05) is 32.7 Å². The second-order valence-corrected chi connectivity index (χ2v) is 6.20. The second-order valence-electron chi connectivity index (χ2n) is 6.20. The van der Waals surface area contributed by atoms with E-state index in [1.165, 1.54) is 5.56 Å². The molecule has 3 rings (SSSR count). The van der Waals surface area contributed by atoms with Gasteiger partial charge in [0.15, 0.2) is 0 Å². The normalized spacial score (nSPS) is 14.9. The Morgan fingerprint density at radius 3 is 2.54 bits per heavy atom. The standard InChI is InChI=1S/C19H25N5O2/c1-2-26-19(25)21-16-8-9-17(22-18(16)20)24-12-10-23(11-13-24)14-15-6-4-3-5-7-15/h3-9H,2,10-14H2,1H3,(H2,20,22)(H,21,25). The average molecular weight is 355 g/mol. The van der Waals surface area contributed by atoms with Crippen molar-refractivity contribution in [3.8, 4) is 0 Å². The molecule has 2 aromatic rings. The molecule has 1 aliphatic rings. The number of nitrogens with zero attached hydrogens (tertiary/aromatic N) is 3. The largest absolute Gasteiger partial charge is 0.450 e. The minimum atomic E-state index is -0.525. The molecule has 0 atom stereocenters. The molecule has 0 aliphatic carbocycles. The van der Waals surface area contributed by atoms with Crippen molar-refractivity contribution in [2.24, 2.45) is 0 Å². The zero-order valence-corrected chi connectivity index (χ0v) is 15.0. The van der Waals surface area contributed by atoms with Crippen LogP contribution in [0.1, 0.15) is 12.5 Å². The number of hydrogen-bond donors (Lipinski definition) is 2. The molecule has 1 aliphatic heterocycles. The maximum absolute atomic E-state index is 11.5. The quantitative estimate of drug-likeness (QED) is 0.858. The summed E-state index contributed by atoms with van der Waals surface area (Å²) >= 11 is 0. The summed E-state index contributed by atoms with van der Waals surface area (Å²) < 4.78 is 4.86. The third kappa shape index (κ3) is 4.64. The van der Waals surface area contributed by atoms with Gasteiger partial charge in [0.05, 0.1) is 12.3 Å². The molecule has 7 heteroatoms. The van der Waals surface area contributed by atoms with E-state index in [1.807, 2.05) is 12.1 Å². The monoisotopic (exact) mass is 355 g/mol. The first kappa shape index (κ1) is 18.0. The molecular formula is C19H25N5O2. The molecule has 0 unspecified atom stereocenters. The van der Waals surface area contributed by atoms with Crippen molar-refractivity contribution >= 4 is 23.4 Å². The Bertz CT molecular complexity index is 730.